The molecule has 0 spiro atoms. The Morgan fingerprint density at radius 1 is 1.47 bits per heavy atom. The van der Waals surface area contributed by atoms with E-state index in [9.17, 15) is 4.79 Å². The molecule has 3 heteroatoms. The predicted octanol–water partition coefficient (Wildman–Crippen LogP) is 3.29. The lowest BCUT2D eigenvalue weighted by Crippen LogP contribution is -2.25. The Hall–Kier alpha value is -1.51. The van der Waals surface area contributed by atoms with E-state index in [0.717, 1.165) is 11.3 Å². The molecule has 1 aliphatic carbocycles. The highest BCUT2D eigenvalue weighted by molar-refractivity contribution is 5.88. The highest BCUT2D eigenvalue weighted by Crippen LogP contribution is 2.48. The topological polar surface area (TPSA) is 49.3 Å². The largest absolute Gasteiger partial charge is 0.478 e. The van der Waals surface area contributed by atoms with Crippen molar-refractivity contribution >= 4 is 11.7 Å². The van der Waals surface area contributed by atoms with Crippen LogP contribution < -0.4 is 5.32 Å². The number of hydrogen-bond donors (Lipinski definition) is 2. The summed E-state index contributed by atoms with van der Waals surface area (Å²) in [6, 6.07) is 5.66. The maximum atomic E-state index is 10.8. The molecule has 1 aliphatic rings. The molecular weight excluding hydrogens is 214 g/mol. The van der Waals surface area contributed by atoms with E-state index in [0.29, 0.717) is 17.0 Å². The molecule has 92 valence electrons. The summed E-state index contributed by atoms with van der Waals surface area (Å²) in [6.45, 7) is 6.42. The minimum absolute atomic E-state index is 0.346. The van der Waals surface area contributed by atoms with Crippen molar-refractivity contribution in [2.45, 2.75) is 39.7 Å². The van der Waals surface area contributed by atoms with Crippen LogP contribution in [0.2, 0.25) is 0 Å². The first-order valence-electron chi connectivity index (χ1n) is 6.03. The Labute approximate surface area is 102 Å². The fourth-order valence-corrected chi connectivity index (χ4v) is 2.00. The number of benzene rings is 1. The molecule has 1 saturated carbocycles. The predicted molar refractivity (Wildman–Crippen MR) is 68.6 cm³/mol. The summed E-state index contributed by atoms with van der Waals surface area (Å²) in [5.74, 6) is -0.873. The van der Waals surface area contributed by atoms with Gasteiger partial charge in [0.05, 0.1) is 5.56 Å². The number of anilines is 1. The van der Waals surface area contributed by atoms with Gasteiger partial charge >= 0.3 is 5.97 Å². The number of aryl methyl sites for hydroxylation is 1. The van der Waals surface area contributed by atoms with Crippen LogP contribution >= 0.6 is 0 Å². The Morgan fingerprint density at radius 2 is 2.12 bits per heavy atom. The third-order valence-corrected chi connectivity index (χ3v) is 3.93. The first-order valence-corrected chi connectivity index (χ1v) is 6.03. The quantitative estimate of drug-likeness (QED) is 0.839. The molecule has 0 amide bonds. The van der Waals surface area contributed by atoms with Crippen LogP contribution in [0.25, 0.3) is 0 Å². The standard InChI is InChI=1S/C14H19NO2/c1-9-8-11(13(16)17)4-5-12(9)15-10(2)14(3)6-7-14/h4-5,8,10,15H,6-7H2,1-3H3,(H,16,17). The van der Waals surface area contributed by atoms with Gasteiger partial charge in [0.2, 0.25) is 0 Å². The fraction of sp³-hybridized carbons (Fsp3) is 0.500. The van der Waals surface area contributed by atoms with Crippen molar-refractivity contribution < 1.29 is 9.90 Å². The van der Waals surface area contributed by atoms with Gasteiger partial charge in [-0.1, -0.05) is 6.92 Å². The molecule has 1 aromatic rings. The third kappa shape index (κ3) is 2.43. The lowest BCUT2D eigenvalue weighted by Gasteiger charge is -2.22. The summed E-state index contributed by atoms with van der Waals surface area (Å²) in [6.07, 6.45) is 2.54. The van der Waals surface area contributed by atoms with Crippen LogP contribution in [0.5, 0.6) is 0 Å². The number of carboxylic acids is 1. The Kier molecular flexibility index (Phi) is 2.86. The summed E-state index contributed by atoms with van der Waals surface area (Å²) < 4.78 is 0. The van der Waals surface area contributed by atoms with Gasteiger partial charge in [-0.05, 0) is 55.9 Å². The summed E-state index contributed by atoms with van der Waals surface area (Å²) in [5.41, 5.74) is 2.78. The van der Waals surface area contributed by atoms with Crippen molar-refractivity contribution in [1.82, 2.24) is 0 Å². The Balaban J connectivity index is 2.14. The van der Waals surface area contributed by atoms with E-state index in [1.165, 1.54) is 12.8 Å². The SMILES string of the molecule is Cc1cc(C(=O)O)ccc1NC(C)C1(C)CC1. The van der Waals surface area contributed by atoms with Crippen LogP contribution in [-0.2, 0) is 0 Å². The molecule has 3 nitrogen and oxygen atoms in total. The van der Waals surface area contributed by atoms with Gasteiger partial charge in [0.25, 0.3) is 0 Å². The van der Waals surface area contributed by atoms with Gasteiger partial charge in [0, 0.05) is 11.7 Å². The van der Waals surface area contributed by atoms with Crippen molar-refractivity contribution in [1.29, 1.82) is 0 Å². The summed E-state index contributed by atoms with van der Waals surface area (Å²) in [4.78, 5) is 10.8. The smallest absolute Gasteiger partial charge is 0.335 e. The van der Waals surface area contributed by atoms with Crippen molar-refractivity contribution in [3.63, 3.8) is 0 Å². The van der Waals surface area contributed by atoms with Gasteiger partial charge in [-0.3, -0.25) is 0 Å². The minimum atomic E-state index is -0.873. The lowest BCUT2D eigenvalue weighted by molar-refractivity contribution is 0.0697. The summed E-state index contributed by atoms with van der Waals surface area (Å²) in [7, 11) is 0. The van der Waals surface area contributed by atoms with Crippen molar-refractivity contribution in [3.8, 4) is 0 Å². The Bertz CT molecular complexity index is 450. The van der Waals surface area contributed by atoms with Crippen molar-refractivity contribution in [2.75, 3.05) is 5.32 Å². The van der Waals surface area contributed by atoms with Crippen molar-refractivity contribution in [3.05, 3.63) is 29.3 Å². The van der Waals surface area contributed by atoms with Crippen LogP contribution in [0.4, 0.5) is 5.69 Å². The number of carbonyl (C=O) groups is 1. The van der Waals surface area contributed by atoms with Gasteiger partial charge in [-0.15, -0.1) is 0 Å². The minimum Gasteiger partial charge on any atom is -0.478 e. The number of aromatic carboxylic acids is 1. The zero-order chi connectivity index (χ0) is 12.6. The molecule has 17 heavy (non-hydrogen) atoms. The zero-order valence-electron chi connectivity index (χ0n) is 10.6. The van der Waals surface area contributed by atoms with Gasteiger partial charge in [-0.2, -0.15) is 0 Å². The molecule has 0 heterocycles. The van der Waals surface area contributed by atoms with Crippen LogP contribution in [0.15, 0.2) is 18.2 Å². The summed E-state index contributed by atoms with van der Waals surface area (Å²) >= 11 is 0. The van der Waals surface area contributed by atoms with Crippen LogP contribution in [0, 0.1) is 12.3 Å². The fourth-order valence-electron chi connectivity index (χ4n) is 2.00. The van der Waals surface area contributed by atoms with E-state index in [-0.39, 0.29) is 0 Å². The van der Waals surface area contributed by atoms with Gasteiger partial charge in [0.15, 0.2) is 0 Å². The second-order valence-electron chi connectivity index (χ2n) is 5.35. The molecule has 0 saturated heterocycles. The second-order valence-corrected chi connectivity index (χ2v) is 5.35. The zero-order valence-corrected chi connectivity index (χ0v) is 10.6. The van der Waals surface area contributed by atoms with E-state index in [1.54, 1.807) is 12.1 Å². The molecule has 2 N–H and O–H groups in total. The molecule has 2 rings (SSSR count). The monoisotopic (exact) mass is 233 g/mol. The molecule has 1 unspecified atom stereocenters. The molecule has 0 aliphatic heterocycles. The van der Waals surface area contributed by atoms with E-state index in [2.05, 4.69) is 19.2 Å². The molecule has 0 aromatic heterocycles. The van der Waals surface area contributed by atoms with Crippen molar-refractivity contribution in [2.24, 2.45) is 5.41 Å². The number of hydrogen-bond acceptors (Lipinski definition) is 2. The molecule has 1 fully saturated rings. The van der Waals surface area contributed by atoms with Crippen LogP contribution in [0.1, 0.15) is 42.6 Å². The summed E-state index contributed by atoms with van der Waals surface area (Å²) in [5, 5.41) is 12.4. The molecule has 0 bridgehead atoms. The molecule has 1 aromatic carbocycles. The van der Waals surface area contributed by atoms with Crippen LogP contribution in [-0.4, -0.2) is 17.1 Å². The number of rotatable bonds is 4. The highest BCUT2D eigenvalue weighted by Gasteiger charge is 2.42. The molecule has 0 radical (unpaired) electrons. The third-order valence-electron chi connectivity index (χ3n) is 3.93. The number of carboxylic acid groups (broad SMARTS) is 1. The normalized spacial score (nSPS) is 18.5. The van der Waals surface area contributed by atoms with Crippen LogP contribution in [0.3, 0.4) is 0 Å². The first kappa shape index (κ1) is 12.0. The molecule has 1 atom stereocenters. The lowest BCUT2D eigenvalue weighted by atomic mass is 10.00. The maximum Gasteiger partial charge on any atom is 0.335 e. The highest BCUT2D eigenvalue weighted by atomic mass is 16.4. The average molecular weight is 233 g/mol. The van der Waals surface area contributed by atoms with Gasteiger partial charge in [-0.25, -0.2) is 4.79 Å². The average Bonchev–Trinajstić information content (AvgIpc) is 3.00. The van der Waals surface area contributed by atoms with E-state index in [1.807, 2.05) is 13.0 Å². The van der Waals surface area contributed by atoms with E-state index >= 15 is 0 Å². The first-order chi connectivity index (χ1) is 7.92. The van der Waals surface area contributed by atoms with E-state index < -0.39 is 5.97 Å². The second kappa shape index (κ2) is 4.06. The van der Waals surface area contributed by atoms with E-state index in [4.69, 9.17) is 5.11 Å². The van der Waals surface area contributed by atoms with Gasteiger partial charge in [0.1, 0.15) is 0 Å². The number of nitrogens with one attached hydrogen (secondary N) is 1. The Morgan fingerprint density at radius 3 is 2.59 bits per heavy atom. The molecular formula is C14H19NO2. The maximum absolute atomic E-state index is 10.8. The van der Waals surface area contributed by atoms with Gasteiger partial charge < -0.3 is 10.4 Å².